The minimum atomic E-state index is 0.345. The van der Waals surface area contributed by atoms with Crippen molar-refractivity contribution < 1.29 is 9.47 Å². The molecule has 2 unspecified atom stereocenters. The molecule has 1 fully saturated rings. The second-order valence-electron chi connectivity index (χ2n) is 5.39. The van der Waals surface area contributed by atoms with E-state index in [0.717, 1.165) is 25.7 Å². The largest absolute Gasteiger partial charge is 0.378 e. The molecule has 2 nitrogen and oxygen atoms in total. The summed E-state index contributed by atoms with van der Waals surface area (Å²) in [6.07, 6.45) is 2.79. The third-order valence-corrected chi connectivity index (χ3v) is 3.18. The first kappa shape index (κ1) is 13.0. The molecule has 2 heteroatoms. The van der Waals surface area contributed by atoms with E-state index in [4.69, 9.17) is 9.47 Å². The first-order valence-electron chi connectivity index (χ1n) is 6.30. The minimum absolute atomic E-state index is 0.345. The molecular formula is C13H26O2. The van der Waals surface area contributed by atoms with Crippen molar-refractivity contribution >= 4 is 0 Å². The zero-order chi connectivity index (χ0) is 11.3. The molecule has 1 aliphatic heterocycles. The highest BCUT2D eigenvalue weighted by atomic mass is 16.5. The summed E-state index contributed by atoms with van der Waals surface area (Å²) in [6, 6.07) is 0. The molecule has 0 spiro atoms. The second kappa shape index (κ2) is 6.49. The highest BCUT2D eigenvalue weighted by Crippen LogP contribution is 2.24. The Labute approximate surface area is 94.3 Å². The van der Waals surface area contributed by atoms with Crippen LogP contribution in [0.4, 0.5) is 0 Å². The van der Waals surface area contributed by atoms with Crippen LogP contribution in [-0.4, -0.2) is 25.9 Å². The van der Waals surface area contributed by atoms with Gasteiger partial charge in [0, 0.05) is 12.5 Å². The van der Waals surface area contributed by atoms with Gasteiger partial charge in [0.2, 0.25) is 0 Å². The van der Waals surface area contributed by atoms with Gasteiger partial charge in [-0.05, 0) is 24.7 Å². The molecule has 0 bridgehead atoms. The molecular weight excluding hydrogens is 188 g/mol. The van der Waals surface area contributed by atoms with Gasteiger partial charge < -0.3 is 9.47 Å². The number of ether oxygens (including phenoxy) is 2. The molecule has 0 aromatic rings. The molecule has 0 saturated carbocycles. The summed E-state index contributed by atoms with van der Waals surface area (Å²) in [5, 5.41) is 0. The topological polar surface area (TPSA) is 18.5 Å². The Morgan fingerprint density at radius 3 is 2.53 bits per heavy atom. The van der Waals surface area contributed by atoms with Gasteiger partial charge in [-0.2, -0.15) is 0 Å². The van der Waals surface area contributed by atoms with Gasteiger partial charge >= 0.3 is 0 Å². The van der Waals surface area contributed by atoms with Crippen molar-refractivity contribution in [2.45, 2.75) is 46.6 Å². The molecule has 0 N–H and O–H groups in total. The van der Waals surface area contributed by atoms with Crippen molar-refractivity contribution in [3.8, 4) is 0 Å². The van der Waals surface area contributed by atoms with Gasteiger partial charge in [0.1, 0.15) is 0 Å². The van der Waals surface area contributed by atoms with Crippen LogP contribution in [0.2, 0.25) is 0 Å². The first-order valence-corrected chi connectivity index (χ1v) is 6.30. The summed E-state index contributed by atoms with van der Waals surface area (Å²) in [5.74, 6) is 2.06. The highest BCUT2D eigenvalue weighted by Gasteiger charge is 2.30. The van der Waals surface area contributed by atoms with Crippen LogP contribution < -0.4 is 0 Å². The van der Waals surface area contributed by atoms with Crippen LogP contribution in [0.15, 0.2) is 0 Å². The van der Waals surface area contributed by atoms with Gasteiger partial charge in [-0.1, -0.05) is 27.7 Å². The zero-order valence-corrected chi connectivity index (χ0v) is 10.7. The van der Waals surface area contributed by atoms with Crippen molar-refractivity contribution in [1.29, 1.82) is 0 Å². The zero-order valence-electron chi connectivity index (χ0n) is 10.7. The second-order valence-corrected chi connectivity index (χ2v) is 5.39. The summed E-state index contributed by atoms with van der Waals surface area (Å²) in [6.45, 7) is 11.6. The number of rotatable bonds is 6. The molecule has 0 amide bonds. The van der Waals surface area contributed by atoms with E-state index < -0.39 is 0 Å². The average molecular weight is 214 g/mol. The summed E-state index contributed by atoms with van der Waals surface area (Å²) in [7, 11) is 0. The fourth-order valence-electron chi connectivity index (χ4n) is 2.07. The lowest BCUT2D eigenvalue weighted by atomic mass is 9.93. The first-order chi connectivity index (χ1) is 7.11. The normalized spacial score (nSPS) is 26.8. The Kier molecular flexibility index (Phi) is 5.62. The molecule has 1 rings (SSSR count). The SMILES string of the molecule is CC(C)CCCOC1COCC1C(C)C. The molecule has 0 aliphatic carbocycles. The van der Waals surface area contributed by atoms with Crippen LogP contribution in [0.1, 0.15) is 40.5 Å². The Hall–Kier alpha value is -0.0800. The predicted octanol–water partition coefficient (Wildman–Crippen LogP) is 3.11. The molecule has 0 aromatic heterocycles. The Morgan fingerprint density at radius 2 is 1.93 bits per heavy atom. The van der Waals surface area contributed by atoms with E-state index in [1.54, 1.807) is 0 Å². The van der Waals surface area contributed by atoms with E-state index >= 15 is 0 Å². The van der Waals surface area contributed by atoms with Crippen LogP contribution in [0.3, 0.4) is 0 Å². The monoisotopic (exact) mass is 214 g/mol. The maximum atomic E-state index is 5.90. The Morgan fingerprint density at radius 1 is 1.20 bits per heavy atom. The molecule has 15 heavy (non-hydrogen) atoms. The molecule has 1 heterocycles. The van der Waals surface area contributed by atoms with E-state index in [0.29, 0.717) is 17.9 Å². The third-order valence-electron chi connectivity index (χ3n) is 3.18. The average Bonchev–Trinajstić information content (AvgIpc) is 2.60. The van der Waals surface area contributed by atoms with Crippen molar-refractivity contribution in [3.05, 3.63) is 0 Å². The molecule has 1 aliphatic rings. The fourth-order valence-corrected chi connectivity index (χ4v) is 2.07. The smallest absolute Gasteiger partial charge is 0.0860 e. The summed E-state index contributed by atoms with van der Waals surface area (Å²) in [5.41, 5.74) is 0. The summed E-state index contributed by atoms with van der Waals surface area (Å²) in [4.78, 5) is 0. The maximum absolute atomic E-state index is 5.90. The lowest BCUT2D eigenvalue weighted by Gasteiger charge is -2.21. The van der Waals surface area contributed by atoms with E-state index in [9.17, 15) is 0 Å². The Bertz CT molecular complexity index is 166. The standard InChI is InChI=1S/C13H26O2/c1-10(2)6-5-7-15-13-9-14-8-12(13)11(3)4/h10-13H,5-9H2,1-4H3. The Balaban J connectivity index is 2.14. The van der Waals surface area contributed by atoms with Gasteiger partial charge in [-0.25, -0.2) is 0 Å². The van der Waals surface area contributed by atoms with E-state index in [-0.39, 0.29) is 0 Å². The number of hydrogen-bond acceptors (Lipinski definition) is 2. The molecule has 0 aromatic carbocycles. The third kappa shape index (κ3) is 4.52. The van der Waals surface area contributed by atoms with Crippen LogP contribution >= 0.6 is 0 Å². The van der Waals surface area contributed by atoms with Crippen LogP contribution in [0, 0.1) is 17.8 Å². The van der Waals surface area contributed by atoms with Gasteiger partial charge in [0.15, 0.2) is 0 Å². The summed E-state index contributed by atoms with van der Waals surface area (Å²) >= 11 is 0. The van der Waals surface area contributed by atoms with Gasteiger partial charge in [-0.15, -0.1) is 0 Å². The molecule has 2 atom stereocenters. The fraction of sp³-hybridized carbons (Fsp3) is 1.00. The lowest BCUT2D eigenvalue weighted by molar-refractivity contribution is 0.0145. The van der Waals surface area contributed by atoms with Crippen molar-refractivity contribution in [3.63, 3.8) is 0 Å². The number of hydrogen-bond donors (Lipinski definition) is 0. The van der Waals surface area contributed by atoms with Crippen molar-refractivity contribution in [2.24, 2.45) is 17.8 Å². The highest BCUT2D eigenvalue weighted by molar-refractivity contribution is 4.78. The lowest BCUT2D eigenvalue weighted by Crippen LogP contribution is -2.26. The van der Waals surface area contributed by atoms with E-state index in [1.165, 1.54) is 12.8 Å². The minimum Gasteiger partial charge on any atom is -0.378 e. The predicted molar refractivity (Wildman–Crippen MR) is 63.0 cm³/mol. The van der Waals surface area contributed by atoms with Crippen molar-refractivity contribution in [2.75, 3.05) is 19.8 Å². The molecule has 90 valence electrons. The van der Waals surface area contributed by atoms with E-state index in [2.05, 4.69) is 27.7 Å². The van der Waals surface area contributed by atoms with Crippen LogP contribution in [-0.2, 0) is 9.47 Å². The molecule has 0 radical (unpaired) electrons. The van der Waals surface area contributed by atoms with Crippen LogP contribution in [0.25, 0.3) is 0 Å². The maximum Gasteiger partial charge on any atom is 0.0860 e. The summed E-state index contributed by atoms with van der Waals surface area (Å²) < 4.78 is 11.4. The quantitative estimate of drug-likeness (QED) is 0.632. The van der Waals surface area contributed by atoms with Crippen molar-refractivity contribution in [1.82, 2.24) is 0 Å². The van der Waals surface area contributed by atoms with E-state index in [1.807, 2.05) is 0 Å². The van der Waals surface area contributed by atoms with Gasteiger partial charge in [-0.3, -0.25) is 0 Å². The van der Waals surface area contributed by atoms with Gasteiger partial charge in [0.05, 0.1) is 19.3 Å². The van der Waals surface area contributed by atoms with Crippen LogP contribution in [0.5, 0.6) is 0 Å². The molecule has 1 saturated heterocycles. The van der Waals surface area contributed by atoms with Gasteiger partial charge in [0.25, 0.3) is 0 Å².